The fraction of sp³-hybridized carbons (Fsp3) is 0.353. The summed E-state index contributed by atoms with van der Waals surface area (Å²) in [5.41, 5.74) is 3.60. The number of aromatic nitrogens is 1. The number of likely N-dealkylation sites (tertiary alicyclic amines) is 1. The molecule has 2 saturated heterocycles. The Hall–Kier alpha value is -2.21. The van der Waals surface area contributed by atoms with Crippen LogP contribution in [0.1, 0.15) is 29.6 Å². The molecule has 1 atom stereocenters. The second-order valence-electron chi connectivity index (χ2n) is 6.35. The predicted octanol–water partition coefficient (Wildman–Crippen LogP) is 2.55. The van der Waals surface area contributed by atoms with Crippen molar-refractivity contribution in [1.82, 2.24) is 15.2 Å². The van der Waals surface area contributed by atoms with Gasteiger partial charge in [-0.05, 0) is 37.5 Å². The van der Waals surface area contributed by atoms with Crippen molar-refractivity contribution >= 4 is 33.4 Å². The minimum absolute atomic E-state index is 0.0130. The number of hydrogen-bond acceptors (Lipinski definition) is 4. The number of allylic oxidation sites excluding steroid dienone is 1. The molecule has 5 nitrogen and oxygen atoms in total. The van der Waals surface area contributed by atoms with E-state index in [1.54, 1.807) is 21.7 Å². The van der Waals surface area contributed by atoms with E-state index < -0.39 is 5.41 Å². The lowest BCUT2D eigenvalue weighted by atomic mass is 9.78. The van der Waals surface area contributed by atoms with Crippen LogP contribution in [0.15, 0.2) is 36.0 Å². The highest BCUT2D eigenvalue weighted by molar-refractivity contribution is 7.16. The summed E-state index contributed by atoms with van der Waals surface area (Å²) < 4.78 is 1.07. The van der Waals surface area contributed by atoms with E-state index in [1.807, 2.05) is 18.2 Å². The zero-order valence-corrected chi connectivity index (χ0v) is 13.5. The molecule has 1 aromatic carbocycles. The maximum Gasteiger partial charge on any atom is 0.253 e. The molecule has 118 valence electrons. The van der Waals surface area contributed by atoms with Crippen LogP contribution >= 0.6 is 11.3 Å². The van der Waals surface area contributed by atoms with E-state index in [0.717, 1.165) is 35.2 Å². The molecule has 2 amide bonds. The predicted molar refractivity (Wildman–Crippen MR) is 89.1 cm³/mol. The Morgan fingerprint density at radius 3 is 3.09 bits per heavy atom. The van der Waals surface area contributed by atoms with Gasteiger partial charge in [-0.1, -0.05) is 6.58 Å². The summed E-state index contributed by atoms with van der Waals surface area (Å²) in [7, 11) is 0. The van der Waals surface area contributed by atoms with Crippen LogP contribution in [0.5, 0.6) is 0 Å². The van der Waals surface area contributed by atoms with Gasteiger partial charge in [0.15, 0.2) is 0 Å². The molecule has 0 aliphatic carbocycles. The first-order valence-corrected chi connectivity index (χ1v) is 8.57. The fourth-order valence-electron chi connectivity index (χ4n) is 3.47. The van der Waals surface area contributed by atoms with Gasteiger partial charge in [0.05, 0.1) is 21.1 Å². The molecule has 0 bridgehead atoms. The zero-order chi connectivity index (χ0) is 16.0. The van der Waals surface area contributed by atoms with E-state index in [0.29, 0.717) is 18.7 Å². The largest absolute Gasteiger partial charge is 0.338 e. The van der Waals surface area contributed by atoms with Crippen molar-refractivity contribution in [3.8, 4) is 0 Å². The number of nitrogens with zero attached hydrogens (tertiary/aromatic N) is 2. The monoisotopic (exact) mass is 327 g/mol. The number of fused-ring (bicyclic) bond motifs is 1. The fourth-order valence-corrected chi connectivity index (χ4v) is 4.13. The standard InChI is InChI=1S/C17H17N3O2S/c1-11-4-5-17(16(22)19-11)6-7-20(9-17)15(21)12-2-3-14-13(8-12)18-10-23-14/h2-3,8,10H,1,4-7,9H2,(H,19,22). The van der Waals surface area contributed by atoms with Crippen molar-refractivity contribution in [1.29, 1.82) is 0 Å². The molecule has 6 heteroatoms. The summed E-state index contributed by atoms with van der Waals surface area (Å²) in [6.45, 7) is 4.93. The van der Waals surface area contributed by atoms with Crippen LogP contribution in [-0.2, 0) is 4.79 Å². The van der Waals surface area contributed by atoms with Crippen LogP contribution in [0.2, 0.25) is 0 Å². The summed E-state index contributed by atoms with van der Waals surface area (Å²) >= 11 is 1.56. The van der Waals surface area contributed by atoms with Crippen LogP contribution < -0.4 is 5.32 Å². The minimum Gasteiger partial charge on any atom is -0.338 e. The van der Waals surface area contributed by atoms with Gasteiger partial charge in [-0.2, -0.15) is 0 Å². The topological polar surface area (TPSA) is 62.3 Å². The number of benzene rings is 1. The van der Waals surface area contributed by atoms with Gasteiger partial charge in [0, 0.05) is 24.4 Å². The Morgan fingerprint density at radius 1 is 1.39 bits per heavy atom. The van der Waals surface area contributed by atoms with Crippen molar-refractivity contribution in [2.45, 2.75) is 19.3 Å². The lowest BCUT2D eigenvalue weighted by molar-refractivity contribution is -0.131. The molecule has 2 fully saturated rings. The highest BCUT2D eigenvalue weighted by atomic mass is 32.1. The minimum atomic E-state index is -0.443. The van der Waals surface area contributed by atoms with Crippen LogP contribution in [-0.4, -0.2) is 34.8 Å². The van der Waals surface area contributed by atoms with Gasteiger partial charge in [-0.15, -0.1) is 11.3 Å². The summed E-state index contributed by atoms with van der Waals surface area (Å²) in [6.07, 6.45) is 2.28. The molecule has 0 radical (unpaired) electrons. The average Bonchev–Trinajstić information content (AvgIpc) is 3.18. The molecule has 1 spiro atoms. The number of piperidine rings is 1. The summed E-state index contributed by atoms with van der Waals surface area (Å²) in [4.78, 5) is 31.2. The van der Waals surface area contributed by atoms with Crippen molar-refractivity contribution in [2.24, 2.45) is 5.41 Å². The highest BCUT2D eigenvalue weighted by Crippen LogP contribution is 2.39. The SMILES string of the molecule is C=C1CCC2(CCN(C(=O)c3ccc4scnc4c3)C2)C(=O)N1. The summed E-state index contributed by atoms with van der Waals surface area (Å²) in [5, 5.41) is 2.85. The second-order valence-corrected chi connectivity index (χ2v) is 7.24. The summed E-state index contributed by atoms with van der Waals surface area (Å²) in [6, 6.07) is 5.61. The Labute approximate surface area is 138 Å². The molecule has 1 unspecified atom stereocenters. The van der Waals surface area contributed by atoms with Gasteiger partial charge in [-0.25, -0.2) is 4.98 Å². The molecular weight excluding hydrogens is 310 g/mol. The van der Waals surface area contributed by atoms with Crippen molar-refractivity contribution in [3.63, 3.8) is 0 Å². The number of rotatable bonds is 1. The average molecular weight is 327 g/mol. The Bertz CT molecular complexity index is 828. The first-order chi connectivity index (χ1) is 11.1. The van der Waals surface area contributed by atoms with E-state index in [-0.39, 0.29) is 11.8 Å². The molecule has 2 aliphatic heterocycles. The lowest BCUT2D eigenvalue weighted by Crippen LogP contribution is -2.46. The number of thiazole rings is 1. The van der Waals surface area contributed by atoms with E-state index in [2.05, 4.69) is 16.9 Å². The zero-order valence-electron chi connectivity index (χ0n) is 12.7. The smallest absolute Gasteiger partial charge is 0.253 e. The molecule has 2 aromatic rings. The lowest BCUT2D eigenvalue weighted by Gasteiger charge is -2.33. The third kappa shape index (κ3) is 2.34. The maximum absolute atomic E-state index is 12.8. The Kier molecular flexibility index (Phi) is 3.23. The summed E-state index contributed by atoms with van der Waals surface area (Å²) in [5.74, 6) is -0.00650. The molecule has 1 aromatic heterocycles. The first-order valence-electron chi connectivity index (χ1n) is 7.69. The molecule has 23 heavy (non-hydrogen) atoms. The molecule has 3 heterocycles. The van der Waals surface area contributed by atoms with Gasteiger partial charge in [-0.3, -0.25) is 9.59 Å². The van der Waals surface area contributed by atoms with Crippen LogP contribution in [0.3, 0.4) is 0 Å². The number of amides is 2. The third-order valence-corrected chi connectivity index (χ3v) is 5.71. The van der Waals surface area contributed by atoms with Gasteiger partial charge in [0.2, 0.25) is 5.91 Å². The van der Waals surface area contributed by atoms with Crippen LogP contribution in [0.4, 0.5) is 0 Å². The first kappa shape index (κ1) is 14.4. The van der Waals surface area contributed by atoms with E-state index in [9.17, 15) is 9.59 Å². The van der Waals surface area contributed by atoms with Gasteiger partial charge >= 0.3 is 0 Å². The molecular formula is C17H17N3O2S. The second kappa shape index (κ2) is 5.16. The number of nitrogens with one attached hydrogen (secondary N) is 1. The Balaban J connectivity index is 1.56. The van der Waals surface area contributed by atoms with Crippen molar-refractivity contribution in [3.05, 3.63) is 41.5 Å². The molecule has 4 rings (SSSR count). The van der Waals surface area contributed by atoms with Crippen molar-refractivity contribution < 1.29 is 9.59 Å². The Morgan fingerprint density at radius 2 is 2.26 bits per heavy atom. The van der Waals surface area contributed by atoms with E-state index >= 15 is 0 Å². The quantitative estimate of drug-likeness (QED) is 0.875. The van der Waals surface area contributed by atoms with Gasteiger partial charge in [0.25, 0.3) is 5.91 Å². The molecule has 0 saturated carbocycles. The molecule has 1 N–H and O–H groups in total. The van der Waals surface area contributed by atoms with Gasteiger partial charge < -0.3 is 10.2 Å². The number of hydrogen-bond donors (Lipinski definition) is 1. The number of carbonyl (C=O) groups excluding carboxylic acids is 2. The number of carbonyl (C=O) groups is 2. The van der Waals surface area contributed by atoms with Crippen LogP contribution in [0.25, 0.3) is 10.2 Å². The van der Waals surface area contributed by atoms with Crippen molar-refractivity contribution in [2.75, 3.05) is 13.1 Å². The third-order valence-electron chi connectivity index (χ3n) is 4.90. The van der Waals surface area contributed by atoms with Crippen LogP contribution in [0, 0.1) is 5.41 Å². The van der Waals surface area contributed by atoms with E-state index in [4.69, 9.17) is 0 Å². The normalized spacial score (nSPS) is 24.4. The van der Waals surface area contributed by atoms with E-state index in [1.165, 1.54) is 0 Å². The highest BCUT2D eigenvalue weighted by Gasteiger charge is 2.47. The van der Waals surface area contributed by atoms with Gasteiger partial charge in [0.1, 0.15) is 0 Å². The molecule has 2 aliphatic rings. The maximum atomic E-state index is 12.8.